The van der Waals surface area contributed by atoms with E-state index >= 15 is 0 Å². The number of hydrogen-bond donors (Lipinski definition) is 2. The Morgan fingerprint density at radius 3 is 3.00 bits per heavy atom. The molecule has 1 aliphatic heterocycles. The zero-order valence-electron chi connectivity index (χ0n) is 10.5. The number of amides is 1. The number of aromatic nitrogens is 1. The minimum absolute atomic E-state index is 0.00800. The lowest BCUT2D eigenvalue weighted by atomic mass is 10.2. The maximum atomic E-state index is 11.4. The van der Waals surface area contributed by atoms with Crippen molar-refractivity contribution in [3.63, 3.8) is 0 Å². The zero-order valence-corrected chi connectivity index (χ0v) is 10.5. The van der Waals surface area contributed by atoms with Gasteiger partial charge in [0.2, 0.25) is 5.91 Å². The minimum atomic E-state index is -0.00800. The Kier molecular flexibility index (Phi) is 2.80. The molecule has 2 aromatic rings. The Hall–Kier alpha value is -1.81. The largest absolute Gasteiger partial charge is 0.341 e. The van der Waals surface area contributed by atoms with Gasteiger partial charge in [-0.05, 0) is 6.07 Å². The van der Waals surface area contributed by atoms with E-state index in [9.17, 15) is 4.79 Å². The third-order valence-corrected chi connectivity index (χ3v) is 3.43. The van der Waals surface area contributed by atoms with Gasteiger partial charge in [0, 0.05) is 44.1 Å². The fraction of sp³-hybridized carbons (Fsp3) is 0.357. The molecule has 0 aliphatic carbocycles. The van der Waals surface area contributed by atoms with E-state index in [0.717, 1.165) is 37.1 Å². The molecular formula is C14H17N3O. The number of carbonyl (C=O) groups excluding carboxylic acids is 1. The molecule has 1 amide bonds. The fourth-order valence-electron chi connectivity index (χ4n) is 2.71. The van der Waals surface area contributed by atoms with Crippen LogP contribution in [0.1, 0.15) is 12.6 Å². The molecule has 94 valence electrons. The third-order valence-electron chi connectivity index (χ3n) is 3.43. The predicted octanol–water partition coefficient (Wildman–Crippen LogP) is 1.75. The first kappa shape index (κ1) is 11.3. The van der Waals surface area contributed by atoms with Crippen molar-refractivity contribution < 1.29 is 4.79 Å². The Labute approximate surface area is 106 Å². The zero-order chi connectivity index (χ0) is 12.5. The van der Waals surface area contributed by atoms with Crippen LogP contribution in [0, 0.1) is 0 Å². The summed E-state index contributed by atoms with van der Waals surface area (Å²) in [5.74, 6) is -0.00800. The Morgan fingerprint density at radius 2 is 2.17 bits per heavy atom. The first-order valence-corrected chi connectivity index (χ1v) is 6.36. The van der Waals surface area contributed by atoms with E-state index in [4.69, 9.17) is 0 Å². The van der Waals surface area contributed by atoms with Gasteiger partial charge >= 0.3 is 0 Å². The molecule has 0 bridgehead atoms. The molecule has 3 rings (SSSR count). The predicted molar refractivity (Wildman–Crippen MR) is 72.8 cm³/mol. The van der Waals surface area contributed by atoms with E-state index in [1.807, 2.05) is 12.1 Å². The average Bonchev–Trinajstić information content (AvgIpc) is 2.55. The number of carbonyl (C=O) groups is 1. The van der Waals surface area contributed by atoms with Crippen molar-refractivity contribution in [1.82, 2.24) is 9.88 Å². The van der Waals surface area contributed by atoms with Gasteiger partial charge in [-0.1, -0.05) is 18.2 Å². The van der Waals surface area contributed by atoms with Gasteiger partial charge in [-0.15, -0.1) is 0 Å². The Balaban J connectivity index is 2.24. The normalized spacial score (nSPS) is 15.2. The summed E-state index contributed by atoms with van der Waals surface area (Å²) in [6.45, 7) is 4.46. The molecule has 0 saturated heterocycles. The molecule has 0 unspecified atom stereocenters. The molecule has 18 heavy (non-hydrogen) atoms. The maximum absolute atomic E-state index is 11.4. The van der Waals surface area contributed by atoms with Crippen LogP contribution >= 0.6 is 0 Å². The third kappa shape index (κ3) is 1.78. The molecule has 1 aliphatic rings. The second-order valence-corrected chi connectivity index (χ2v) is 4.67. The van der Waals surface area contributed by atoms with E-state index in [2.05, 4.69) is 27.3 Å². The van der Waals surface area contributed by atoms with Crippen molar-refractivity contribution in [3.8, 4) is 0 Å². The lowest BCUT2D eigenvalue weighted by molar-refractivity contribution is -0.114. The number of hydrogen-bond acceptors (Lipinski definition) is 2. The topological polar surface area (TPSA) is 46.1 Å². The molecule has 0 saturated carbocycles. The smallest absolute Gasteiger partial charge is 0.221 e. The van der Waals surface area contributed by atoms with E-state index in [-0.39, 0.29) is 5.91 Å². The lowest BCUT2D eigenvalue weighted by Gasteiger charge is -2.07. The Bertz CT molecular complexity index is 600. The summed E-state index contributed by atoms with van der Waals surface area (Å²) in [5, 5.41) is 7.53. The highest BCUT2D eigenvalue weighted by molar-refractivity contribution is 6.02. The van der Waals surface area contributed by atoms with Gasteiger partial charge in [0.25, 0.3) is 0 Å². The summed E-state index contributed by atoms with van der Waals surface area (Å²) in [6, 6.07) is 8.27. The van der Waals surface area contributed by atoms with Gasteiger partial charge in [0.05, 0.1) is 11.2 Å². The monoisotopic (exact) mass is 243 g/mol. The van der Waals surface area contributed by atoms with Gasteiger partial charge in [0.1, 0.15) is 0 Å². The summed E-state index contributed by atoms with van der Waals surface area (Å²) >= 11 is 0. The van der Waals surface area contributed by atoms with Crippen LogP contribution in [0.5, 0.6) is 0 Å². The first-order chi connectivity index (χ1) is 8.77. The molecular weight excluding hydrogens is 226 g/mol. The number of anilines is 1. The highest BCUT2D eigenvalue weighted by Crippen LogP contribution is 2.31. The highest BCUT2D eigenvalue weighted by atomic mass is 16.1. The van der Waals surface area contributed by atoms with Crippen LogP contribution < -0.4 is 10.6 Å². The van der Waals surface area contributed by atoms with Gasteiger partial charge in [-0.2, -0.15) is 0 Å². The summed E-state index contributed by atoms with van der Waals surface area (Å²) < 4.78 is 2.32. The van der Waals surface area contributed by atoms with E-state index in [1.54, 1.807) is 6.92 Å². The molecule has 0 fully saturated rings. The Morgan fingerprint density at radius 1 is 1.33 bits per heavy atom. The van der Waals surface area contributed by atoms with Crippen LogP contribution in [0.15, 0.2) is 24.3 Å². The molecule has 0 radical (unpaired) electrons. The molecule has 2 N–H and O–H groups in total. The SMILES string of the molecule is CC(=O)Nc1c2n(c3ccccc13)CCNCC2. The van der Waals surface area contributed by atoms with Crippen molar-refractivity contribution in [1.29, 1.82) is 0 Å². The minimum Gasteiger partial charge on any atom is -0.341 e. The number of rotatable bonds is 1. The molecule has 4 heteroatoms. The van der Waals surface area contributed by atoms with Gasteiger partial charge in [-0.25, -0.2) is 0 Å². The second-order valence-electron chi connectivity index (χ2n) is 4.67. The summed E-state index contributed by atoms with van der Waals surface area (Å²) in [5.41, 5.74) is 3.43. The van der Waals surface area contributed by atoms with Crippen molar-refractivity contribution in [3.05, 3.63) is 30.0 Å². The maximum Gasteiger partial charge on any atom is 0.221 e. The number of nitrogens with zero attached hydrogens (tertiary/aromatic N) is 1. The lowest BCUT2D eigenvalue weighted by Crippen LogP contribution is -2.17. The van der Waals surface area contributed by atoms with Crippen molar-refractivity contribution in [2.45, 2.75) is 19.9 Å². The van der Waals surface area contributed by atoms with Crippen molar-refractivity contribution >= 4 is 22.5 Å². The van der Waals surface area contributed by atoms with E-state index in [0.29, 0.717) is 0 Å². The fourth-order valence-corrected chi connectivity index (χ4v) is 2.71. The second kappa shape index (κ2) is 4.46. The molecule has 1 aromatic carbocycles. The van der Waals surface area contributed by atoms with Crippen LogP contribution in [0.4, 0.5) is 5.69 Å². The van der Waals surface area contributed by atoms with Crippen molar-refractivity contribution in [2.75, 3.05) is 18.4 Å². The summed E-state index contributed by atoms with van der Waals surface area (Å²) in [4.78, 5) is 11.4. The highest BCUT2D eigenvalue weighted by Gasteiger charge is 2.18. The molecule has 1 aromatic heterocycles. The first-order valence-electron chi connectivity index (χ1n) is 6.36. The van der Waals surface area contributed by atoms with Crippen LogP contribution in [0.2, 0.25) is 0 Å². The summed E-state index contributed by atoms with van der Waals surface area (Å²) in [7, 11) is 0. The van der Waals surface area contributed by atoms with E-state index < -0.39 is 0 Å². The average molecular weight is 243 g/mol. The van der Waals surface area contributed by atoms with E-state index in [1.165, 1.54) is 11.2 Å². The molecule has 0 spiro atoms. The number of para-hydroxylation sites is 1. The van der Waals surface area contributed by atoms with Gasteiger partial charge in [0.15, 0.2) is 0 Å². The number of fused-ring (bicyclic) bond motifs is 3. The van der Waals surface area contributed by atoms with Crippen LogP contribution in [-0.2, 0) is 17.8 Å². The molecule has 4 nitrogen and oxygen atoms in total. The number of benzene rings is 1. The molecule has 2 heterocycles. The molecule has 0 atom stereocenters. The standard InChI is InChI=1S/C14H17N3O/c1-10(18)16-14-11-4-2-3-5-12(11)17-9-8-15-7-6-13(14)17/h2-5,15H,6-9H2,1H3,(H,16,18). The van der Waals surface area contributed by atoms with Crippen LogP contribution in [0.3, 0.4) is 0 Å². The van der Waals surface area contributed by atoms with Gasteiger partial charge in [-0.3, -0.25) is 4.79 Å². The van der Waals surface area contributed by atoms with Gasteiger partial charge < -0.3 is 15.2 Å². The van der Waals surface area contributed by atoms with Crippen molar-refractivity contribution in [2.24, 2.45) is 0 Å². The quantitative estimate of drug-likeness (QED) is 0.801. The van der Waals surface area contributed by atoms with Crippen LogP contribution in [-0.4, -0.2) is 23.6 Å². The van der Waals surface area contributed by atoms with Crippen LogP contribution in [0.25, 0.3) is 10.9 Å². The summed E-state index contributed by atoms with van der Waals surface area (Å²) in [6.07, 6.45) is 0.949. The number of nitrogens with one attached hydrogen (secondary N) is 2.